The molecule has 3 aliphatic rings. The van der Waals surface area contributed by atoms with Crippen LogP contribution < -0.4 is 10.6 Å². The number of amides is 2. The molecule has 1 unspecified atom stereocenters. The number of nitrogens with one attached hydrogen (secondary N) is 2. The Balaban J connectivity index is 1.34. The van der Waals surface area contributed by atoms with Crippen LogP contribution in [0.5, 0.6) is 0 Å². The van der Waals surface area contributed by atoms with E-state index in [9.17, 15) is 9.59 Å². The van der Waals surface area contributed by atoms with Crippen LogP contribution in [0.1, 0.15) is 52.4 Å². The van der Waals surface area contributed by atoms with Gasteiger partial charge in [0.2, 0.25) is 11.8 Å². The number of carbonyl (C=O) groups is 2. The van der Waals surface area contributed by atoms with E-state index >= 15 is 0 Å². The highest BCUT2D eigenvalue weighted by atomic mass is 16.2. The molecule has 1 saturated carbocycles. The molecule has 3 rings (SSSR count). The van der Waals surface area contributed by atoms with Crippen LogP contribution in [0, 0.1) is 17.3 Å². The zero-order valence-corrected chi connectivity index (χ0v) is 17.3. The summed E-state index contributed by atoms with van der Waals surface area (Å²) in [7, 11) is 0. The van der Waals surface area contributed by atoms with E-state index in [1.807, 2.05) is 0 Å². The van der Waals surface area contributed by atoms with E-state index in [0.717, 1.165) is 65.1 Å². The molecule has 2 heterocycles. The molecule has 0 spiro atoms. The van der Waals surface area contributed by atoms with Gasteiger partial charge in [-0.15, -0.1) is 0 Å². The quantitative estimate of drug-likeness (QED) is 0.735. The molecule has 3 fully saturated rings. The van der Waals surface area contributed by atoms with Crippen molar-refractivity contribution in [1.29, 1.82) is 0 Å². The standard InChI is InChI=1S/C21H38N4O2/c1-21(2,18-8-9-22-16-18)20(27)23-10-11-24-12-14-25(15-13-24)19(26)17-6-4-3-5-7-17/h17-18,22H,3-16H2,1-2H3,(H,23,27). The number of carbonyl (C=O) groups excluding carboxylic acids is 2. The van der Waals surface area contributed by atoms with Crippen molar-refractivity contribution < 1.29 is 9.59 Å². The Morgan fingerprint density at radius 2 is 1.74 bits per heavy atom. The van der Waals surface area contributed by atoms with Crippen LogP contribution in [0.25, 0.3) is 0 Å². The van der Waals surface area contributed by atoms with Crippen LogP contribution in [0.4, 0.5) is 0 Å². The molecule has 2 N–H and O–H groups in total. The van der Waals surface area contributed by atoms with E-state index in [0.29, 0.717) is 18.4 Å². The molecular weight excluding hydrogens is 340 g/mol. The lowest BCUT2D eigenvalue weighted by atomic mass is 9.77. The van der Waals surface area contributed by atoms with Gasteiger partial charge in [-0.2, -0.15) is 0 Å². The summed E-state index contributed by atoms with van der Waals surface area (Å²) in [4.78, 5) is 29.7. The topological polar surface area (TPSA) is 64.7 Å². The molecule has 0 radical (unpaired) electrons. The highest BCUT2D eigenvalue weighted by Crippen LogP contribution is 2.31. The highest BCUT2D eigenvalue weighted by molar-refractivity contribution is 5.82. The summed E-state index contributed by atoms with van der Waals surface area (Å²) < 4.78 is 0. The maximum absolute atomic E-state index is 12.6. The predicted molar refractivity (Wildman–Crippen MR) is 107 cm³/mol. The molecule has 2 amide bonds. The average molecular weight is 379 g/mol. The van der Waals surface area contributed by atoms with Crippen LogP contribution in [0.2, 0.25) is 0 Å². The van der Waals surface area contributed by atoms with Crippen molar-refractivity contribution >= 4 is 11.8 Å². The summed E-state index contributed by atoms with van der Waals surface area (Å²) in [5.41, 5.74) is -0.311. The maximum atomic E-state index is 12.6. The third-order valence-electron chi connectivity index (χ3n) is 7.02. The SMILES string of the molecule is CC(C)(C(=O)NCCN1CCN(C(=O)C2CCCCC2)CC1)C1CCNC1. The minimum Gasteiger partial charge on any atom is -0.354 e. The van der Waals surface area contributed by atoms with E-state index in [2.05, 4.69) is 34.3 Å². The molecule has 27 heavy (non-hydrogen) atoms. The Hall–Kier alpha value is -1.14. The summed E-state index contributed by atoms with van der Waals surface area (Å²) in [6, 6.07) is 0. The fourth-order valence-electron chi connectivity index (χ4n) is 4.81. The Kier molecular flexibility index (Phi) is 7.15. The number of rotatable bonds is 6. The number of hydrogen-bond acceptors (Lipinski definition) is 4. The number of piperazine rings is 1. The second-order valence-corrected chi connectivity index (χ2v) is 9.17. The molecule has 6 heteroatoms. The van der Waals surface area contributed by atoms with E-state index < -0.39 is 0 Å². The van der Waals surface area contributed by atoms with Gasteiger partial charge in [-0.25, -0.2) is 0 Å². The van der Waals surface area contributed by atoms with Crippen molar-refractivity contribution in [3.63, 3.8) is 0 Å². The van der Waals surface area contributed by atoms with E-state index in [1.54, 1.807) is 0 Å². The third-order valence-corrected chi connectivity index (χ3v) is 7.02. The Morgan fingerprint density at radius 1 is 1.04 bits per heavy atom. The van der Waals surface area contributed by atoms with Gasteiger partial charge in [0.1, 0.15) is 0 Å². The highest BCUT2D eigenvalue weighted by Gasteiger charge is 2.38. The average Bonchev–Trinajstić information content (AvgIpc) is 3.24. The summed E-state index contributed by atoms with van der Waals surface area (Å²) in [5.74, 6) is 1.25. The van der Waals surface area contributed by atoms with Crippen LogP contribution in [-0.4, -0.2) is 74.0 Å². The van der Waals surface area contributed by atoms with Gasteiger partial charge < -0.3 is 15.5 Å². The minimum atomic E-state index is -0.311. The Labute approximate surface area is 164 Å². The van der Waals surface area contributed by atoms with Crippen LogP contribution in [0.3, 0.4) is 0 Å². The van der Waals surface area contributed by atoms with Crippen molar-refractivity contribution in [2.24, 2.45) is 17.3 Å². The van der Waals surface area contributed by atoms with Gasteiger partial charge in [-0.1, -0.05) is 33.1 Å². The number of hydrogen-bond donors (Lipinski definition) is 2. The molecule has 0 bridgehead atoms. The lowest BCUT2D eigenvalue weighted by Gasteiger charge is -2.37. The fourth-order valence-corrected chi connectivity index (χ4v) is 4.81. The summed E-state index contributed by atoms with van der Waals surface area (Å²) in [6.07, 6.45) is 6.95. The summed E-state index contributed by atoms with van der Waals surface area (Å²) in [5, 5.41) is 6.50. The predicted octanol–water partition coefficient (Wildman–Crippen LogP) is 1.46. The largest absolute Gasteiger partial charge is 0.354 e. The molecule has 1 aliphatic carbocycles. The first-order chi connectivity index (χ1) is 13.0. The maximum Gasteiger partial charge on any atom is 0.226 e. The first-order valence-electron chi connectivity index (χ1n) is 11.0. The first kappa shape index (κ1) is 20.6. The van der Waals surface area contributed by atoms with Crippen molar-refractivity contribution in [1.82, 2.24) is 20.4 Å². The van der Waals surface area contributed by atoms with Gasteiger partial charge in [-0.3, -0.25) is 14.5 Å². The molecule has 1 atom stereocenters. The Morgan fingerprint density at radius 3 is 2.37 bits per heavy atom. The summed E-state index contributed by atoms with van der Waals surface area (Å²) in [6.45, 7) is 11.2. The zero-order chi connectivity index (χ0) is 19.3. The fraction of sp³-hybridized carbons (Fsp3) is 0.905. The molecule has 154 valence electrons. The van der Waals surface area contributed by atoms with E-state index in [-0.39, 0.29) is 17.2 Å². The first-order valence-corrected chi connectivity index (χ1v) is 11.0. The second-order valence-electron chi connectivity index (χ2n) is 9.17. The molecule has 6 nitrogen and oxygen atoms in total. The van der Waals surface area contributed by atoms with Gasteiger partial charge in [0.15, 0.2) is 0 Å². The lowest BCUT2D eigenvalue weighted by molar-refractivity contribution is -0.138. The van der Waals surface area contributed by atoms with E-state index in [4.69, 9.17) is 0 Å². The van der Waals surface area contributed by atoms with Gasteiger partial charge in [0, 0.05) is 50.6 Å². The van der Waals surface area contributed by atoms with Crippen LogP contribution >= 0.6 is 0 Å². The molecule has 2 aliphatic heterocycles. The van der Waals surface area contributed by atoms with Crippen molar-refractivity contribution in [2.45, 2.75) is 52.4 Å². The minimum absolute atomic E-state index is 0.169. The van der Waals surface area contributed by atoms with Crippen LogP contribution in [0.15, 0.2) is 0 Å². The van der Waals surface area contributed by atoms with Gasteiger partial charge in [-0.05, 0) is 38.3 Å². The van der Waals surface area contributed by atoms with Crippen molar-refractivity contribution in [3.05, 3.63) is 0 Å². The second kappa shape index (κ2) is 9.37. The monoisotopic (exact) mass is 378 g/mol. The van der Waals surface area contributed by atoms with Gasteiger partial charge in [0.05, 0.1) is 0 Å². The normalized spacial score (nSPS) is 25.6. The molecule has 0 aromatic rings. The Bertz CT molecular complexity index is 502. The molecular formula is C21H38N4O2. The van der Waals surface area contributed by atoms with Crippen molar-refractivity contribution in [3.8, 4) is 0 Å². The zero-order valence-electron chi connectivity index (χ0n) is 17.3. The smallest absolute Gasteiger partial charge is 0.226 e. The summed E-state index contributed by atoms with van der Waals surface area (Å²) >= 11 is 0. The van der Waals surface area contributed by atoms with Crippen molar-refractivity contribution in [2.75, 3.05) is 52.4 Å². The lowest BCUT2D eigenvalue weighted by Crippen LogP contribution is -2.52. The van der Waals surface area contributed by atoms with Gasteiger partial charge in [0.25, 0.3) is 0 Å². The van der Waals surface area contributed by atoms with Gasteiger partial charge >= 0.3 is 0 Å². The molecule has 0 aromatic carbocycles. The molecule has 2 saturated heterocycles. The van der Waals surface area contributed by atoms with Crippen LogP contribution in [-0.2, 0) is 9.59 Å². The third kappa shape index (κ3) is 5.23. The van der Waals surface area contributed by atoms with E-state index in [1.165, 1.54) is 19.3 Å². The molecule has 0 aromatic heterocycles. The number of nitrogens with zero attached hydrogens (tertiary/aromatic N) is 2.